The van der Waals surface area contributed by atoms with Gasteiger partial charge in [-0.2, -0.15) is 4.31 Å². The van der Waals surface area contributed by atoms with Crippen molar-refractivity contribution in [3.05, 3.63) is 29.8 Å². The lowest BCUT2D eigenvalue weighted by Crippen LogP contribution is -2.49. The van der Waals surface area contributed by atoms with Crippen LogP contribution in [0.3, 0.4) is 0 Å². The largest absolute Gasteiger partial charge is 0.465 e. The molecule has 0 amide bonds. The molecule has 1 aromatic carbocycles. The van der Waals surface area contributed by atoms with Gasteiger partial charge in [0.05, 0.1) is 17.6 Å². The first-order valence-corrected chi connectivity index (χ1v) is 8.24. The highest BCUT2D eigenvalue weighted by Gasteiger charge is 2.32. The molecule has 6 nitrogen and oxygen atoms in total. The van der Waals surface area contributed by atoms with E-state index in [1.54, 1.807) is 0 Å². The number of benzene rings is 1. The molecular weight excluding hydrogens is 292 g/mol. The molecule has 116 valence electrons. The molecule has 1 heterocycles. The van der Waals surface area contributed by atoms with Crippen LogP contribution in [0.4, 0.5) is 0 Å². The molecule has 0 radical (unpaired) electrons. The van der Waals surface area contributed by atoms with E-state index < -0.39 is 16.0 Å². The van der Waals surface area contributed by atoms with Crippen LogP contribution < -0.4 is 5.73 Å². The minimum Gasteiger partial charge on any atom is -0.465 e. The van der Waals surface area contributed by atoms with E-state index >= 15 is 0 Å². The minimum absolute atomic E-state index is 0.0900. The van der Waals surface area contributed by atoms with Gasteiger partial charge >= 0.3 is 5.97 Å². The van der Waals surface area contributed by atoms with Gasteiger partial charge in [0.15, 0.2) is 0 Å². The molecule has 7 heteroatoms. The van der Waals surface area contributed by atoms with E-state index in [0.717, 1.165) is 6.42 Å². The average molecular weight is 312 g/mol. The van der Waals surface area contributed by atoms with Gasteiger partial charge in [-0.1, -0.05) is 13.0 Å². The number of ether oxygens (including phenoxy) is 1. The molecule has 0 spiro atoms. The van der Waals surface area contributed by atoms with Gasteiger partial charge in [0.1, 0.15) is 0 Å². The van der Waals surface area contributed by atoms with Crippen LogP contribution in [0.1, 0.15) is 23.7 Å². The topological polar surface area (TPSA) is 89.7 Å². The molecule has 2 N–H and O–H groups in total. The molecular formula is C14H20N2O4S. The third kappa shape index (κ3) is 3.25. The zero-order chi connectivity index (χ0) is 15.6. The molecule has 1 aliphatic rings. The third-order valence-electron chi connectivity index (χ3n) is 3.87. The van der Waals surface area contributed by atoms with Crippen molar-refractivity contribution in [2.75, 3.05) is 20.2 Å². The van der Waals surface area contributed by atoms with E-state index in [-0.39, 0.29) is 16.5 Å². The molecule has 1 aliphatic heterocycles. The van der Waals surface area contributed by atoms with E-state index in [0.29, 0.717) is 19.0 Å². The summed E-state index contributed by atoms with van der Waals surface area (Å²) in [7, 11) is -2.38. The number of methoxy groups -OCH3 is 1. The van der Waals surface area contributed by atoms with E-state index in [2.05, 4.69) is 4.74 Å². The van der Waals surface area contributed by atoms with Crippen molar-refractivity contribution >= 4 is 16.0 Å². The lowest BCUT2D eigenvalue weighted by molar-refractivity contribution is 0.0600. The van der Waals surface area contributed by atoms with Crippen molar-refractivity contribution in [3.8, 4) is 0 Å². The predicted molar refractivity (Wildman–Crippen MR) is 78.3 cm³/mol. The summed E-state index contributed by atoms with van der Waals surface area (Å²) >= 11 is 0. The Balaban J connectivity index is 2.30. The first-order valence-electron chi connectivity index (χ1n) is 6.80. The SMILES string of the molecule is COC(=O)c1cccc(S(=O)(=O)N2CCC(C)C(N)C2)c1. The first-order chi connectivity index (χ1) is 9.86. The Hall–Kier alpha value is -1.44. The van der Waals surface area contributed by atoms with Crippen molar-refractivity contribution in [3.63, 3.8) is 0 Å². The maximum absolute atomic E-state index is 12.6. The Morgan fingerprint density at radius 1 is 1.43 bits per heavy atom. The van der Waals surface area contributed by atoms with Gasteiger partial charge in [0, 0.05) is 19.1 Å². The van der Waals surface area contributed by atoms with Crippen molar-refractivity contribution < 1.29 is 17.9 Å². The highest BCUT2D eigenvalue weighted by Crippen LogP contribution is 2.23. The second kappa shape index (κ2) is 6.13. The summed E-state index contributed by atoms with van der Waals surface area (Å²) in [6.45, 7) is 2.76. The number of esters is 1. The Labute approximate surface area is 124 Å². The van der Waals surface area contributed by atoms with Crippen molar-refractivity contribution in [2.45, 2.75) is 24.3 Å². The van der Waals surface area contributed by atoms with Gasteiger partial charge in [-0.3, -0.25) is 0 Å². The quantitative estimate of drug-likeness (QED) is 0.835. The second-order valence-corrected chi connectivity index (χ2v) is 7.25. The number of nitrogens with two attached hydrogens (primary N) is 1. The van der Waals surface area contributed by atoms with Gasteiger partial charge in [-0.05, 0) is 30.5 Å². The fourth-order valence-corrected chi connectivity index (χ4v) is 3.88. The number of nitrogens with zero attached hydrogens (tertiary/aromatic N) is 1. The van der Waals surface area contributed by atoms with Gasteiger partial charge in [-0.25, -0.2) is 13.2 Å². The summed E-state index contributed by atoms with van der Waals surface area (Å²) in [5.74, 6) is -0.256. The van der Waals surface area contributed by atoms with Crippen LogP contribution in [0.5, 0.6) is 0 Å². The third-order valence-corrected chi connectivity index (χ3v) is 5.73. The van der Waals surface area contributed by atoms with E-state index in [4.69, 9.17) is 5.73 Å². The van der Waals surface area contributed by atoms with E-state index in [1.165, 1.54) is 35.7 Å². The normalized spacial score (nSPS) is 23.8. The van der Waals surface area contributed by atoms with Gasteiger partial charge in [-0.15, -0.1) is 0 Å². The standard InChI is InChI=1S/C14H20N2O4S/c1-10-6-7-16(9-13(10)15)21(18,19)12-5-3-4-11(8-12)14(17)20-2/h3-5,8,10,13H,6-7,9,15H2,1-2H3. The minimum atomic E-state index is -3.64. The van der Waals surface area contributed by atoms with E-state index in [9.17, 15) is 13.2 Å². The van der Waals surface area contributed by atoms with Crippen LogP contribution >= 0.6 is 0 Å². The average Bonchev–Trinajstić information content (AvgIpc) is 2.49. The summed E-state index contributed by atoms with van der Waals surface area (Å²) in [5, 5.41) is 0. The summed E-state index contributed by atoms with van der Waals surface area (Å²) in [4.78, 5) is 11.6. The van der Waals surface area contributed by atoms with Crippen molar-refractivity contribution in [2.24, 2.45) is 11.7 Å². The molecule has 0 saturated carbocycles. The maximum Gasteiger partial charge on any atom is 0.337 e. The fourth-order valence-electron chi connectivity index (χ4n) is 2.34. The zero-order valence-corrected chi connectivity index (χ0v) is 13.0. The summed E-state index contributed by atoms with van der Waals surface area (Å²) < 4.78 is 31.2. The highest BCUT2D eigenvalue weighted by molar-refractivity contribution is 7.89. The molecule has 0 aliphatic carbocycles. The van der Waals surface area contributed by atoms with Crippen LogP contribution in [-0.2, 0) is 14.8 Å². The van der Waals surface area contributed by atoms with Crippen LogP contribution in [0.15, 0.2) is 29.2 Å². The van der Waals surface area contributed by atoms with Crippen molar-refractivity contribution in [1.29, 1.82) is 0 Å². The number of hydrogen-bond acceptors (Lipinski definition) is 5. The summed E-state index contributed by atoms with van der Waals surface area (Å²) in [6, 6.07) is 5.70. The van der Waals surface area contributed by atoms with Gasteiger partial charge in [0.25, 0.3) is 0 Å². The van der Waals surface area contributed by atoms with Crippen LogP contribution in [0.25, 0.3) is 0 Å². The number of hydrogen-bond donors (Lipinski definition) is 1. The molecule has 1 saturated heterocycles. The molecule has 1 aromatic rings. The molecule has 1 fully saturated rings. The number of piperidine rings is 1. The molecule has 2 unspecified atom stereocenters. The lowest BCUT2D eigenvalue weighted by atomic mass is 9.96. The zero-order valence-electron chi connectivity index (χ0n) is 12.2. The predicted octanol–water partition coefficient (Wildman–Crippen LogP) is 0.831. The molecule has 0 aromatic heterocycles. The fraction of sp³-hybridized carbons (Fsp3) is 0.500. The van der Waals surface area contributed by atoms with Crippen LogP contribution in [0, 0.1) is 5.92 Å². The Morgan fingerprint density at radius 3 is 2.76 bits per heavy atom. The Kier molecular flexibility index (Phi) is 4.65. The molecule has 2 atom stereocenters. The number of sulfonamides is 1. The Bertz CT molecular complexity index is 630. The smallest absolute Gasteiger partial charge is 0.337 e. The lowest BCUT2D eigenvalue weighted by Gasteiger charge is -2.34. The highest BCUT2D eigenvalue weighted by atomic mass is 32.2. The summed E-state index contributed by atoms with van der Waals surface area (Å²) in [6.07, 6.45) is 0.733. The first kappa shape index (κ1) is 15.9. The van der Waals surface area contributed by atoms with Gasteiger partial charge in [0.2, 0.25) is 10.0 Å². The molecule has 21 heavy (non-hydrogen) atoms. The van der Waals surface area contributed by atoms with Crippen LogP contribution in [0.2, 0.25) is 0 Å². The number of carbonyl (C=O) groups excluding carboxylic acids is 1. The van der Waals surface area contributed by atoms with Crippen LogP contribution in [-0.4, -0.2) is 44.9 Å². The van der Waals surface area contributed by atoms with Gasteiger partial charge < -0.3 is 10.5 Å². The van der Waals surface area contributed by atoms with E-state index in [1.807, 2.05) is 6.92 Å². The molecule has 0 bridgehead atoms. The number of rotatable bonds is 3. The molecule has 2 rings (SSSR count). The second-order valence-electron chi connectivity index (χ2n) is 5.31. The Morgan fingerprint density at radius 2 is 2.14 bits per heavy atom. The monoisotopic (exact) mass is 312 g/mol. The van der Waals surface area contributed by atoms with Crippen molar-refractivity contribution in [1.82, 2.24) is 4.31 Å². The number of carbonyl (C=O) groups is 1. The summed E-state index contributed by atoms with van der Waals surface area (Å²) in [5.41, 5.74) is 6.18. The maximum atomic E-state index is 12.6.